The summed E-state index contributed by atoms with van der Waals surface area (Å²) >= 11 is 0. The first-order valence-electron chi connectivity index (χ1n) is 12.7. The molecule has 1 amide bonds. The lowest BCUT2D eigenvalue weighted by Crippen LogP contribution is -2.28. The number of carboxylic acid groups (broad SMARTS) is 1. The largest absolute Gasteiger partial charge is 0.550 e. The van der Waals surface area contributed by atoms with E-state index in [4.69, 9.17) is 0 Å². The third-order valence-corrected chi connectivity index (χ3v) is 5.23. The molecule has 0 fully saturated rings. The second kappa shape index (κ2) is 13.4. The van der Waals surface area contributed by atoms with Gasteiger partial charge in [-0.1, -0.05) is 12.1 Å². The highest BCUT2D eigenvalue weighted by Crippen LogP contribution is 2.29. The van der Waals surface area contributed by atoms with Gasteiger partial charge >= 0.3 is 6.18 Å². The van der Waals surface area contributed by atoms with E-state index in [1.165, 1.54) is 0 Å². The fraction of sp³-hybridized carbons (Fsp3) is 0.379. The number of quaternary nitrogens is 1. The van der Waals surface area contributed by atoms with E-state index in [-0.39, 0.29) is 12.0 Å². The molecule has 0 saturated heterocycles. The highest BCUT2D eigenvalue weighted by atomic mass is 19.4. The molecule has 1 N–H and O–H groups in total. The fourth-order valence-corrected chi connectivity index (χ4v) is 3.53. The molecule has 0 aliphatic rings. The number of nitrogens with one attached hydrogen (secondary N) is 1. The Hall–Kier alpha value is -4.19. The van der Waals surface area contributed by atoms with Gasteiger partial charge in [-0.15, -0.1) is 0 Å². The molecule has 0 spiro atoms. The van der Waals surface area contributed by atoms with Crippen molar-refractivity contribution in [1.82, 2.24) is 9.97 Å². The zero-order valence-electron chi connectivity index (χ0n) is 24.6. The molecule has 1 heterocycles. The average molecular weight is 575 g/mol. The number of carbonyl (C=O) groups is 2. The summed E-state index contributed by atoms with van der Waals surface area (Å²) in [5.41, 5.74) is 1.04. The topological polar surface area (TPSA) is 101 Å². The van der Waals surface area contributed by atoms with Gasteiger partial charge in [-0.25, -0.2) is 9.97 Å². The van der Waals surface area contributed by atoms with Gasteiger partial charge in [0.15, 0.2) is 0 Å². The van der Waals surface area contributed by atoms with Crippen LogP contribution < -0.4 is 20.2 Å². The van der Waals surface area contributed by atoms with E-state index in [0.29, 0.717) is 35.1 Å². The molecule has 12 heteroatoms. The van der Waals surface area contributed by atoms with Gasteiger partial charge in [0, 0.05) is 63.8 Å². The number of rotatable bonds is 8. The monoisotopic (exact) mass is 574 g/mol. The number of carbonyl (C=O) groups excluding carboxylic acids is 2. The number of nitrogens with zero attached hydrogens (tertiary/aromatic N) is 5. The number of carboxylic acids is 1. The van der Waals surface area contributed by atoms with Crippen molar-refractivity contribution in [3.05, 3.63) is 76.6 Å². The number of benzene rings is 2. The highest BCUT2D eigenvalue weighted by Gasteiger charge is 2.30. The van der Waals surface area contributed by atoms with E-state index in [0.717, 1.165) is 34.3 Å². The molecule has 3 rings (SSSR count). The fourth-order valence-electron chi connectivity index (χ4n) is 3.53. The molecule has 0 aliphatic carbocycles. The first-order chi connectivity index (χ1) is 18.8. The van der Waals surface area contributed by atoms with Gasteiger partial charge in [-0.05, 0) is 42.0 Å². The van der Waals surface area contributed by atoms with Crippen LogP contribution >= 0.6 is 0 Å². The number of hydrogen-bond acceptors (Lipinski definition) is 7. The summed E-state index contributed by atoms with van der Waals surface area (Å²) in [5.74, 6) is -0.325. The van der Waals surface area contributed by atoms with Crippen LogP contribution in [0.25, 0.3) is 0 Å². The van der Waals surface area contributed by atoms with Gasteiger partial charge in [-0.3, -0.25) is 4.79 Å². The number of amides is 1. The van der Waals surface area contributed by atoms with Crippen LogP contribution in [0, 0.1) is 0 Å². The van der Waals surface area contributed by atoms with E-state index < -0.39 is 23.6 Å². The minimum Gasteiger partial charge on any atom is -0.550 e. The quantitative estimate of drug-likeness (QED) is 0.413. The van der Waals surface area contributed by atoms with Crippen molar-refractivity contribution in [3.8, 4) is 0 Å². The van der Waals surface area contributed by atoms with Crippen molar-refractivity contribution in [2.24, 2.45) is 0 Å². The van der Waals surface area contributed by atoms with Crippen molar-refractivity contribution >= 4 is 29.2 Å². The molecule has 0 bridgehead atoms. The van der Waals surface area contributed by atoms with E-state index in [1.54, 1.807) is 62.3 Å². The standard InChI is InChI=1S/C25H26F3N5O3.C4H12N/c1-32(2)22-19(14-21(34)35)23(33(3)4)31-20(30-22)13-15-5-11-18(12-6-15)29-24(36)16-7-9-17(10-8-16)25(26,27)28;1-5(2,3)4/h5-12H,13-14H2,1-4H3,(H,29,36)(H,34,35);1-4H3/q;+1/p-1. The van der Waals surface area contributed by atoms with Crippen molar-refractivity contribution in [2.75, 3.05) is 71.5 Å². The lowest BCUT2D eigenvalue weighted by Gasteiger charge is -2.23. The molecule has 1 aromatic heterocycles. The molecule has 0 atom stereocenters. The molecule has 2 aromatic carbocycles. The first kappa shape index (κ1) is 33.0. The summed E-state index contributed by atoms with van der Waals surface area (Å²) in [6, 6.07) is 10.8. The second-order valence-corrected chi connectivity index (χ2v) is 11.2. The van der Waals surface area contributed by atoms with Crippen LogP contribution in [0.4, 0.5) is 30.5 Å². The van der Waals surface area contributed by atoms with Crippen LogP contribution in [-0.4, -0.2) is 82.7 Å². The Bertz CT molecular complexity index is 1300. The summed E-state index contributed by atoms with van der Waals surface area (Å²) in [5, 5.41) is 13.9. The Morgan fingerprint density at radius 1 is 0.854 bits per heavy atom. The van der Waals surface area contributed by atoms with Crippen LogP contribution in [0.5, 0.6) is 0 Å². The normalized spacial score (nSPS) is 11.3. The van der Waals surface area contributed by atoms with Gasteiger partial charge in [0.05, 0.1) is 33.8 Å². The lowest BCUT2D eigenvalue weighted by atomic mass is 10.1. The van der Waals surface area contributed by atoms with Gasteiger partial charge in [0.2, 0.25) is 0 Å². The van der Waals surface area contributed by atoms with Crippen molar-refractivity contribution in [3.63, 3.8) is 0 Å². The number of aromatic nitrogens is 2. The number of aliphatic carboxylic acids is 1. The van der Waals surface area contributed by atoms with Crippen LogP contribution in [-0.2, 0) is 23.8 Å². The Balaban J connectivity index is 0.00000108. The van der Waals surface area contributed by atoms with Gasteiger partial charge in [0.25, 0.3) is 5.91 Å². The summed E-state index contributed by atoms with van der Waals surface area (Å²) in [6.45, 7) is 0. The Labute approximate surface area is 238 Å². The summed E-state index contributed by atoms with van der Waals surface area (Å²) in [4.78, 5) is 36.2. The number of hydrogen-bond donors (Lipinski definition) is 1. The maximum atomic E-state index is 12.7. The van der Waals surface area contributed by atoms with Crippen LogP contribution in [0.15, 0.2) is 48.5 Å². The molecular formula is C29H37F3N6O3. The molecule has 0 unspecified atom stereocenters. The molecule has 0 aliphatic heterocycles. The summed E-state index contributed by atoms with van der Waals surface area (Å²) in [7, 11) is 15.5. The van der Waals surface area contributed by atoms with Crippen LogP contribution in [0.2, 0.25) is 0 Å². The Kier molecular flexibility index (Phi) is 10.8. The average Bonchev–Trinajstić information content (AvgIpc) is 2.84. The predicted octanol–water partition coefficient (Wildman–Crippen LogP) is 3.09. The zero-order chi connectivity index (χ0) is 31.1. The smallest absolute Gasteiger partial charge is 0.416 e. The molecule has 222 valence electrons. The van der Waals surface area contributed by atoms with Gasteiger partial charge in [-0.2, -0.15) is 13.2 Å². The SMILES string of the molecule is CN(C)c1nc(Cc2ccc(NC(=O)c3ccc(C(F)(F)F)cc3)cc2)nc(N(C)C)c1CC(=O)[O-].C[N+](C)(C)C. The van der Waals surface area contributed by atoms with Crippen LogP contribution in [0.1, 0.15) is 32.9 Å². The van der Waals surface area contributed by atoms with Gasteiger partial charge in [0.1, 0.15) is 17.5 Å². The minimum atomic E-state index is -4.47. The number of anilines is 3. The molecular weight excluding hydrogens is 537 g/mol. The molecule has 9 nitrogen and oxygen atoms in total. The number of halogens is 3. The van der Waals surface area contributed by atoms with E-state index >= 15 is 0 Å². The second-order valence-electron chi connectivity index (χ2n) is 11.2. The van der Waals surface area contributed by atoms with Crippen LogP contribution in [0.3, 0.4) is 0 Å². The van der Waals surface area contributed by atoms with Crippen molar-refractivity contribution in [2.45, 2.75) is 19.0 Å². The Morgan fingerprint density at radius 3 is 1.71 bits per heavy atom. The molecule has 0 radical (unpaired) electrons. The first-order valence-corrected chi connectivity index (χ1v) is 12.7. The Morgan fingerprint density at radius 2 is 1.32 bits per heavy atom. The minimum absolute atomic E-state index is 0.101. The van der Waals surface area contributed by atoms with Crippen molar-refractivity contribution in [1.29, 1.82) is 0 Å². The maximum Gasteiger partial charge on any atom is 0.416 e. The summed E-state index contributed by atoms with van der Waals surface area (Å²) < 4.78 is 39.1. The highest BCUT2D eigenvalue weighted by molar-refractivity contribution is 6.04. The van der Waals surface area contributed by atoms with E-state index in [9.17, 15) is 27.9 Å². The lowest BCUT2D eigenvalue weighted by molar-refractivity contribution is -0.849. The maximum absolute atomic E-state index is 12.7. The molecule has 0 saturated carbocycles. The third kappa shape index (κ3) is 10.7. The molecule has 41 heavy (non-hydrogen) atoms. The van der Waals surface area contributed by atoms with Crippen molar-refractivity contribution < 1.29 is 32.3 Å². The third-order valence-electron chi connectivity index (χ3n) is 5.23. The van der Waals surface area contributed by atoms with Gasteiger partial charge < -0.3 is 29.5 Å². The zero-order valence-corrected chi connectivity index (χ0v) is 24.6. The summed E-state index contributed by atoms with van der Waals surface area (Å²) in [6.07, 6.45) is -4.45. The number of alkyl halides is 3. The van der Waals surface area contributed by atoms with E-state index in [2.05, 4.69) is 43.5 Å². The molecule has 3 aromatic rings. The predicted molar refractivity (Wildman–Crippen MR) is 152 cm³/mol. The van der Waals surface area contributed by atoms with E-state index in [1.807, 2.05) is 0 Å².